The zero-order valence-corrected chi connectivity index (χ0v) is 19.8. The van der Waals surface area contributed by atoms with E-state index in [1.807, 2.05) is 44.2 Å². The van der Waals surface area contributed by atoms with Crippen molar-refractivity contribution in [2.45, 2.75) is 31.8 Å². The lowest BCUT2D eigenvalue weighted by Crippen LogP contribution is -2.47. The maximum atomic E-state index is 13.9. The summed E-state index contributed by atoms with van der Waals surface area (Å²) in [7, 11) is 3.16. The van der Waals surface area contributed by atoms with Crippen molar-refractivity contribution in [1.29, 1.82) is 0 Å². The lowest BCUT2D eigenvalue weighted by Gasteiger charge is -2.38. The van der Waals surface area contributed by atoms with Crippen LogP contribution in [0.4, 0.5) is 15.8 Å². The van der Waals surface area contributed by atoms with E-state index in [1.165, 1.54) is 12.1 Å². The third kappa shape index (κ3) is 4.14. The quantitative estimate of drug-likeness (QED) is 0.424. The fraction of sp³-hybridized carbons (Fsp3) is 0.296. The van der Waals surface area contributed by atoms with Crippen molar-refractivity contribution in [2.24, 2.45) is 0 Å². The van der Waals surface area contributed by atoms with Gasteiger partial charge in [-0.3, -0.25) is 4.79 Å². The fourth-order valence-electron chi connectivity index (χ4n) is 4.55. The third-order valence-corrected chi connectivity index (χ3v) is 6.09. The van der Waals surface area contributed by atoms with Crippen LogP contribution >= 0.6 is 0 Å². The number of Topliss-reactive ketones (excluding diaryl/α,β-unsaturated/α-hetero) is 1. The second-order valence-corrected chi connectivity index (χ2v) is 8.07. The Morgan fingerprint density at radius 1 is 1.03 bits per heavy atom. The van der Waals surface area contributed by atoms with Crippen LogP contribution in [0.15, 0.2) is 60.7 Å². The number of nitrogens with one attached hydrogen (secondary N) is 2. The number of hydrogen-bond acceptors (Lipinski definition) is 6. The molecule has 178 valence electrons. The summed E-state index contributed by atoms with van der Waals surface area (Å²) in [6, 6.07) is 17.3. The average Bonchev–Trinajstić information content (AvgIpc) is 3.19. The van der Waals surface area contributed by atoms with Crippen LogP contribution in [0.2, 0.25) is 0 Å². The summed E-state index contributed by atoms with van der Waals surface area (Å²) >= 11 is 0. The summed E-state index contributed by atoms with van der Waals surface area (Å²) in [5, 5.41) is 7.12. The normalized spacial score (nSPS) is 18.6. The van der Waals surface area contributed by atoms with Gasteiger partial charge in [-0.15, -0.1) is 0 Å². The van der Waals surface area contributed by atoms with Gasteiger partial charge in [0.2, 0.25) is 0 Å². The molecule has 3 aromatic carbocycles. The second kappa shape index (κ2) is 9.63. The third-order valence-electron chi connectivity index (χ3n) is 6.09. The van der Waals surface area contributed by atoms with Gasteiger partial charge in [-0.25, -0.2) is 4.39 Å². The molecule has 0 aliphatic carbocycles. The van der Waals surface area contributed by atoms with Gasteiger partial charge < -0.3 is 24.8 Å². The smallest absolute Gasteiger partial charge is 0.149 e. The van der Waals surface area contributed by atoms with E-state index in [2.05, 4.69) is 10.6 Å². The highest BCUT2D eigenvalue weighted by Crippen LogP contribution is 2.53. The molecule has 0 amide bonds. The maximum absolute atomic E-state index is 13.9. The monoisotopic (exact) mass is 464 g/mol. The van der Waals surface area contributed by atoms with Crippen LogP contribution in [0.3, 0.4) is 0 Å². The molecular weight excluding hydrogens is 435 g/mol. The number of ketones is 1. The number of anilines is 2. The zero-order valence-electron chi connectivity index (χ0n) is 19.8. The number of ether oxygens (including phenoxy) is 3. The number of rotatable bonds is 9. The van der Waals surface area contributed by atoms with Gasteiger partial charge in [0.1, 0.15) is 34.5 Å². The number of carbonyl (C=O) groups is 1. The number of para-hydroxylation sites is 1. The van der Waals surface area contributed by atoms with E-state index in [1.54, 1.807) is 32.4 Å². The lowest BCUT2D eigenvalue weighted by atomic mass is 9.80. The highest BCUT2D eigenvalue weighted by atomic mass is 19.1. The predicted molar refractivity (Wildman–Crippen MR) is 131 cm³/mol. The number of halogens is 1. The minimum absolute atomic E-state index is 0.0339. The van der Waals surface area contributed by atoms with Crippen LogP contribution in [0.25, 0.3) is 0 Å². The SMILES string of the molecule is CCOc1cccc2c1NC(Nc1cc(OC)cc(OC)c1)(c1ccc(F)cc1)C2C(=O)CC. The topological polar surface area (TPSA) is 68.8 Å². The van der Waals surface area contributed by atoms with Gasteiger partial charge in [0.25, 0.3) is 0 Å². The van der Waals surface area contributed by atoms with Crippen LogP contribution < -0.4 is 24.8 Å². The second-order valence-electron chi connectivity index (χ2n) is 8.07. The van der Waals surface area contributed by atoms with Gasteiger partial charge in [-0.2, -0.15) is 0 Å². The maximum Gasteiger partial charge on any atom is 0.149 e. The molecule has 2 unspecified atom stereocenters. The summed E-state index contributed by atoms with van der Waals surface area (Å²) in [5.74, 6) is 0.927. The van der Waals surface area contributed by atoms with Gasteiger partial charge >= 0.3 is 0 Å². The molecule has 4 rings (SSSR count). The Morgan fingerprint density at radius 2 is 1.71 bits per heavy atom. The predicted octanol–water partition coefficient (Wildman–Crippen LogP) is 5.69. The van der Waals surface area contributed by atoms with E-state index >= 15 is 0 Å². The largest absolute Gasteiger partial charge is 0.497 e. The van der Waals surface area contributed by atoms with Crippen molar-refractivity contribution in [2.75, 3.05) is 31.5 Å². The molecule has 1 aliphatic rings. The zero-order chi connectivity index (χ0) is 24.3. The van der Waals surface area contributed by atoms with Gasteiger partial charge in [0.15, 0.2) is 0 Å². The highest BCUT2D eigenvalue weighted by molar-refractivity contribution is 5.94. The van der Waals surface area contributed by atoms with Crippen molar-refractivity contribution in [3.05, 3.63) is 77.6 Å². The van der Waals surface area contributed by atoms with E-state index in [0.29, 0.717) is 41.5 Å². The lowest BCUT2D eigenvalue weighted by molar-refractivity contribution is -0.121. The molecule has 0 bridgehead atoms. The minimum Gasteiger partial charge on any atom is -0.497 e. The first-order chi connectivity index (χ1) is 16.4. The number of hydrogen-bond donors (Lipinski definition) is 2. The Labute approximate surface area is 199 Å². The van der Waals surface area contributed by atoms with Crippen LogP contribution in [-0.4, -0.2) is 26.6 Å². The molecule has 1 aliphatic heterocycles. The first-order valence-corrected chi connectivity index (χ1v) is 11.3. The minimum atomic E-state index is -1.10. The summed E-state index contributed by atoms with van der Waals surface area (Å²) in [5.41, 5.74) is 1.84. The molecule has 7 heteroatoms. The fourth-order valence-corrected chi connectivity index (χ4v) is 4.55. The molecule has 34 heavy (non-hydrogen) atoms. The van der Waals surface area contributed by atoms with E-state index in [4.69, 9.17) is 14.2 Å². The van der Waals surface area contributed by atoms with Crippen LogP contribution in [0.1, 0.15) is 37.3 Å². The van der Waals surface area contributed by atoms with E-state index in [0.717, 1.165) is 11.3 Å². The Hall–Kier alpha value is -3.74. The molecule has 0 saturated heterocycles. The molecule has 1 heterocycles. The van der Waals surface area contributed by atoms with E-state index in [9.17, 15) is 9.18 Å². The Kier molecular flexibility index (Phi) is 6.63. The molecule has 0 saturated carbocycles. The molecule has 6 nitrogen and oxygen atoms in total. The summed E-state index contributed by atoms with van der Waals surface area (Å²) in [6.45, 7) is 4.24. The van der Waals surface area contributed by atoms with Crippen molar-refractivity contribution in [3.63, 3.8) is 0 Å². The Morgan fingerprint density at radius 3 is 2.29 bits per heavy atom. The van der Waals surface area contributed by atoms with Crippen molar-refractivity contribution in [3.8, 4) is 17.2 Å². The molecule has 0 fully saturated rings. The summed E-state index contributed by atoms with van der Waals surface area (Å²) in [4.78, 5) is 13.5. The molecule has 2 N–H and O–H groups in total. The number of carbonyl (C=O) groups excluding carboxylic acids is 1. The van der Waals surface area contributed by atoms with Crippen LogP contribution in [0, 0.1) is 5.82 Å². The molecule has 3 aromatic rings. The van der Waals surface area contributed by atoms with Gasteiger partial charge in [-0.05, 0) is 36.2 Å². The number of fused-ring (bicyclic) bond motifs is 1. The Balaban J connectivity index is 1.94. The van der Waals surface area contributed by atoms with Gasteiger partial charge in [0, 0.05) is 30.3 Å². The van der Waals surface area contributed by atoms with Crippen molar-refractivity contribution >= 4 is 17.2 Å². The molecule has 0 radical (unpaired) electrons. The molecule has 0 spiro atoms. The standard InChI is InChI=1S/C27H29FN2O4/c1-5-23(31)25-22-8-7-9-24(34-6-2)26(22)30-27(25,17-10-12-18(28)13-11-17)29-19-14-20(32-3)16-21(15-19)33-4/h7-16,25,29-30H,5-6H2,1-4H3. The van der Waals surface area contributed by atoms with Crippen molar-refractivity contribution < 1.29 is 23.4 Å². The summed E-state index contributed by atoms with van der Waals surface area (Å²) < 4.78 is 30.7. The average molecular weight is 465 g/mol. The number of methoxy groups -OCH3 is 2. The molecule has 2 atom stereocenters. The molecule has 0 aromatic heterocycles. The Bertz CT molecular complexity index is 1160. The highest BCUT2D eigenvalue weighted by Gasteiger charge is 2.51. The van der Waals surface area contributed by atoms with E-state index < -0.39 is 11.6 Å². The van der Waals surface area contributed by atoms with Gasteiger partial charge in [-0.1, -0.05) is 31.2 Å². The first-order valence-electron chi connectivity index (χ1n) is 11.3. The van der Waals surface area contributed by atoms with Gasteiger partial charge in [0.05, 0.1) is 32.4 Å². The summed E-state index contributed by atoms with van der Waals surface area (Å²) in [6.07, 6.45) is 0.330. The van der Waals surface area contributed by atoms with Crippen molar-refractivity contribution in [1.82, 2.24) is 0 Å². The number of benzene rings is 3. The van der Waals surface area contributed by atoms with Crippen LogP contribution in [-0.2, 0) is 10.5 Å². The first kappa shape index (κ1) is 23.4. The van der Waals surface area contributed by atoms with Crippen LogP contribution in [0.5, 0.6) is 17.2 Å². The van der Waals surface area contributed by atoms with E-state index in [-0.39, 0.29) is 11.6 Å². The molecular formula is C27H29FN2O4.